The Morgan fingerprint density at radius 3 is 2.79 bits per heavy atom. The summed E-state index contributed by atoms with van der Waals surface area (Å²) in [4.78, 5) is 4.53. The average molecular weight is 297 g/mol. The van der Waals surface area contributed by atoms with Crippen LogP contribution in [0.2, 0.25) is 0 Å². The van der Waals surface area contributed by atoms with Crippen molar-refractivity contribution < 1.29 is 8.42 Å². The molecule has 1 aromatic heterocycles. The van der Waals surface area contributed by atoms with Gasteiger partial charge in [-0.2, -0.15) is 0 Å². The quantitative estimate of drug-likeness (QED) is 0.875. The Morgan fingerprint density at radius 1 is 1.32 bits per heavy atom. The summed E-state index contributed by atoms with van der Waals surface area (Å²) in [7, 11) is -3.25. The molecule has 2 heterocycles. The highest BCUT2D eigenvalue weighted by molar-refractivity contribution is 7.92. The first-order chi connectivity index (χ1) is 9.07. The third kappa shape index (κ3) is 2.33. The summed E-state index contributed by atoms with van der Waals surface area (Å²) < 4.78 is 26.0. The molecule has 0 radical (unpaired) electrons. The molecule has 1 saturated heterocycles. The Morgan fingerprint density at radius 2 is 2.05 bits per heavy atom. The molecule has 2 aromatic rings. The zero-order valence-corrected chi connectivity index (χ0v) is 11.9. The van der Waals surface area contributed by atoms with Crippen molar-refractivity contribution in [2.75, 3.05) is 18.8 Å². The van der Waals surface area contributed by atoms with Crippen LogP contribution < -0.4 is 11.1 Å². The zero-order chi connectivity index (χ0) is 13.5. The first-order valence-electron chi connectivity index (χ1n) is 6.18. The van der Waals surface area contributed by atoms with Gasteiger partial charge in [0.1, 0.15) is 0 Å². The number of fused-ring (bicyclic) bond motifs is 1. The Labute approximate surface area is 115 Å². The fourth-order valence-corrected chi connectivity index (χ4v) is 5.03. The Bertz CT molecular complexity index is 703. The number of thiazole rings is 1. The van der Waals surface area contributed by atoms with Crippen LogP contribution in [-0.4, -0.2) is 31.7 Å². The van der Waals surface area contributed by atoms with Gasteiger partial charge in [0.05, 0.1) is 20.4 Å². The minimum Gasteiger partial charge on any atom is -0.375 e. The summed E-state index contributed by atoms with van der Waals surface area (Å²) in [6.07, 6.45) is 1.34. The lowest BCUT2D eigenvalue weighted by Gasteiger charge is -2.22. The number of aromatic nitrogens is 1. The van der Waals surface area contributed by atoms with E-state index in [1.807, 2.05) is 0 Å². The van der Waals surface area contributed by atoms with Crippen molar-refractivity contribution in [2.45, 2.75) is 23.0 Å². The number of rotatable bonds is 2. The minimum absolute atomic E-state index is 0.281. The number of hydrogen-bond donors (Lipinski definition) is 2. The second-order valence-electron chi connectivity index (χ2n) is 4.68. The summed E-state index contributed by atoms with van der Waals surface area (Å²) >= 11 is 1.32. The van der Waals surface area contributed by atoms with Crippen molar-refractivity contribution in [3.05, 3.63) is 18.2 Å². The number of nitrogens with two attached hydrogens (primary N) is 1. The van der Waals surface area contributed by atoms with Gasteiger partial charge in [-0.15, -0.1) is 0 Å². The number of piperidine rings is 1. The SMILES string of the molecule is Nc1nc2ccc(S(=O)(=O)C3CCNCC3)cc2s1. The third-order valence-corrected chi connectivity index (χ3v) is 6.54. The van der Waals surface area contributed by atoms with Crippen LogP contribution in [0.25, 0.3) is 10.2 Å². The van der Waals surface area contributed by atoms with Crippen LogP contribution in [0.1, 0.15) is 12.8 Å². The van der Waals surface area contributed by atoms with E-state index in [1.165, 1.54) is 11.3 Å². The standard InChI is InChI=1S/C12H15N3O2S2/c13-12-15-10-2-1-9(7-11(10)18-12)19(16,17)8-3-5-14-6-4-8/h1-2,7-8,14H,3-6H2,(H2,13,15). The molecule has 0 aliphatic carbocycles. The van der Waals surface area contributed by atoms with Crippen molar-refractivity contribution in [3.63, 3.8) is 0 Å². The van der Waals surface area contributed by atoms with Gasteiger partial charge in [0.2, 0.25) is 0 Å². The molecule has 0 unspecified atom stereocenters. The predicted molar refractivity (Wildman–Crippen MR) is 77.1 cm³/mol. The number of nitrogens with one attached hydrogen (secondary N) is 1. The largest absolute Gasteiger partial charge is 0.375 e. The number of sulfone groups is 1. The molecule has 1 aliphatic heterocycles. The lowest BCUT2D eigenvalue weighted by atomic mass is 10.2. The highest BCUT2D eigenvalue weighted by atomic mass is 32.2. The number of nitrogens with zero attached hydrogens (tertiary/aromatic N) is 1. The van der Waals surface area contributed by atoms with E-state index in [4.69, 9.17) is 5.73 Å². The molecule has 7 heteroatoms. The van der Waals surface area contributed by atoms with Crippen molar-refractivity contribution in [1.29, 1.82) is 0 Å². The zero-order valence-electron chi connectivity index (χ0n) is 10.3. The summed E-state index contributed by atoms with van der Waals surface area (Å²) in [5, 5.41) is 3.37. The molecule has 3 N–H and O–H groups in total. The predicted octanol–water partition coefficient (Wildman–Crippen LogP) is 1.40. The van der Waals surface area contributed by atoms with Crippen molar-refractivity contribution >= 4 is 36.5 Å². The van der Waals surface area contributed by atoms with Gasteiger partial charge in [-0.1, -0.05) is 11.3 Å². The Hall–Kier alpha value is -1.18. The monoisotopic (exact) mass is 297 g/mol. The van der Waals surface area contributed by atoms with Gasteiger partial charge in [0.25, 0.3) is 0 Å². The molecule has 0 atom stereocenters. The van der Waals surface area contributed by atoms with Gasteiger partial charge in [-0.25, -0.2) is 13.4 Å². The minimum atomic E-state index is -3.25. The normalized spacial score (nSPS) is 17.9. The maximum atomic E-state index is 12.6. The lowest BCUT2D eigenvalue weighted by Crippen LogP contribution is -2.35. The van der Waals surface area contributed by atoms with Crippen molar-refractivity contribution in [1.82, 2.24) is 10.3 Å². The van der Waals surface area contributed by atoms with E-state index < -0.39 is 9.84 Å². The molecule has 19 heavy (non-hydrogen) atoms. The van der Waals surface area contributed by atoms with Crippen LogP contribution in [0.5, 0.6) is 0 Å². The van der Waals surface area contributed by atoms with Crippen LogP contribution in [0, 0.1) is 0 Å². The first-order valence-corrected chi connectivity index (χ1v) is 8.54. The first kappa shape index (κ1) is 12.8. The molecular formula is C12H15N3O2S2. The van der Waals surface area contributed by atoms with E-state index in [1.54, 1.807) is 18.2 Å². The fourth-order valence-electron chi connectivity index (χ4n) is 2.40. The van der Waals surface area contributed by atoms with Gasteiger partial charge < -0.3 is 11.1 Å². The smallest absolute Gasteiger partial charge is 0.181 e. The highest BCUT2D eigenvalue weighted by Crippen LogP contribution is 2.29. The topological polar surface area (TPSA) is 85.1 Å². The summed E-state index contributed by atoms with van der Waals surface area (Å²) in [5.41, 5.74) is 6.40. The number of nitrogen functional groups attached to an aromatic ring is 1. The molecule has 0 bridgehead atoms. The van der Waals surface area contributed by atoms with E-state index in [0.29, 0.717) is 22.9 Å². The highest BCUT2D eigenvalue weighted by Gasteiger charge is 2.29. The van der Waals surface area contributed by atoms with Crippen molar-refractivity contribution in [2.24, 2.45) is 0 Å². The van der Waals surface area contributed by atoms with E-state index >= 15 is 0 Å². The molecule has 0 saturated carbocycles. The molecule has 1 aliphatic rings. The maximum absolute atomic E-state index is 12.6. The van der Waals surface area contributed by atoms with E-state index in [2.05, 4.69) is 10.3 Å². The molecule has 3 rings (SSSR count). The van der Waals surface area contributed by atoms with Crippen molar-refractivity contribution in [3.8, 4) is 0 Å². The van der Waals surface area contributed by atoms with Gasteiger partial charge >= 0.3 is 0 Å². The Kier molecular flexibility index (Phi) is 3.20. The van der Waals surface area contributed by atoms with Gasteiger partial charge in [0, 0.05) is 0 Å². The number of anilines is 1. The fraction of sp³-hybridized carbons (Fsp3) is 0.417. The summed E-state index contributed by atoms with van der Waals surface area (Å²) in [6.45, 7) is 1.53. The van der Waals surface area contributed by atoms with E-state index in [-0.39, 0.29) is 5.25 Å². The van der Waals surface area contributed by atoms with E-state index in [9.17, 15) is 8.42 Å². The van der Waals surface area contributed by atoms with Crippen LogP contribution >= 0.6 is 11.3 Å². The molecule has 0 amide bonds. The molecule has 5 nitrogen and oxygen atoms in total. The third-order valence-electron chi connectivity index (χ3n) is 3.43. The van der Waals surface area contributed by atoms with Crippen LogP contribution in [0.15, 0.2) is 23.1 Å². The summed E-state index contributed by atoms with van der Waals surface area (Å²) in [5.74, 6) is 0. The maximum Gasteiger partial charge on any atom is 0.181 e. The van der Waals surface area contributed by atoms with Gasteiger partial charge in [0.15, 0.2) is 15.0 Å². The molecular weight excluding hydrogens is 282 g/mol. The number of hydrogen-bond acceptors (Lipinski definition) is 6. The number of benzene rings is 1. The second-order valence-corrected chi connectivity index (χ2v) is 7.97. The average Bonchev–Trinajstić information content (AvgIpc) is 2.78. The van der Waals surface area contributed by atoms with Gasteiger partial charge in [-0.3, -0.25) is 0 Å². The van der Waals surface area contributed by atoms with Gasteiger partial charge in [-0.05, 0) is 44.1 Å². The second kappa shape index (κ2) is 4.73. The van der Waals surface area contributed by atoms with Crippen LogP contribution in [-0.2, 0) is 9.84 Å². The van der Waals surface area contributed by atoms with E-state index in [0.717, 1.165) is 23.3 Å². The molecule has 1 fully saturated rings. The van der Waals surface area contributed by atoms with Crippen LogP contribution in [0.3, 0.4) is 0 Å². The molecule has 1 aromatic carbocycles. The Balaban J connectivity index is 2.02. The molecule has 0 spiro atoms. The van der Waals surface area contributed by atoms with Crippen LogP contribution in [0.4, 0.5) is 5.13 Å². The summed E-state index contributed by atoms with van der Waals surface area (Å²) in [6, 6.07) is 5.07. The molecule has 102 valence electrons. The lowest BCUT2D eigenvalue weighted by molar-refractivity contribution is 0.496.